The van der Waals surface area contributed by atoms with E-state index >= 15 is 0 Å². The summed E-state index contributed by atoms with van der Waals surface area (Å²) in [6, 6.07) is 15.2. The fourth-order valence-electron chi connectivity index (χ4n) is 7.35. The van der Waals surface area contributed by atoms with Gasteiger partial charge < -0.3 is 9.80 Å². The van der Waals surface area contributed by atoms with E-state index in [1.807, 2.05) is 44.2 Å². The second-order valence-electron chi connectivity index (χ2n) is 15.4. The van der Waals surface area contributed by atoms with E-state index in [9.17, 15) is 17.8 Å². The van der Waals surface area contributed by atoms with Crippen LogP contribution in [-0.4, -0.2) is 66.4 Å². The predicted octanol–water partition coefficient (Wildman–Crippen LogP) is 8.93. The minimum absolute atomic E-state index is 0.107. The van der Waals surface area contributed by atoms with E-state index < -0.39 is 10.1 Å². The van der Waals surface area contributed by atoms with Crippen LogP contribution in [0.5, 0.6) is 0 Å². The van der Waals surface area contributed by atoms with Crippen LogP contribution in [0.4, 0.5) is 11.4 Å². The summed E-state index contributed by atoms with van der Waals surface area (Å²) in [7, 11) is -1.87. The molecular formula is C43H60N3O4S+. The maximum absolute atomic E-state index is 12.1. The summed E-state index contributed by atoms with van der Waals surface area (Å²) in [4.78, 5) is 16.9. The topological polar surface area (TPSA) is 80.9 Å². The third kappa shape index (κ3) is 10.1. The first-order chi connectivity index (χ1) is 24.1. The number of anilines is 1. The van der Waals surface area contributed by atoms with Gasteiger partial charge in [-0.25, -0.2) is 0 Å². The Kier molecular flexibility index (Phi) is 13.6. The summed E-state index contributed by atoms with van der Waals surface area (Å²) in [6.07, 6.45) is 18.8. The zero-order valence-corrected chi connectivity index (χ0v) is 33.0. The number of carbonyl (C=O) groups excluding carboxylic acids is 1. The lowest BCUT2D eigenvalue weighted by atomic mass is 9.81. The van der Waals surface area contributed by atoms with Crippen LogP contribution < -0.4 is 4.90 Å². The molecule has 8 heteroatoms. The molecule has 0 bridgehead atoms. The van der Waals surface area contributed by atoms with Crippen LogP contribution in [0.25, 0.3) is 0 Å². The second kappa shape index (κ2) is 17.3. The van der Waals surface area contributed by atoms with Crippen molar-refractivity contribution in [1.82, 2.24) is 4.90 Å². The minimum atomic E-state index is -4.01. The standard InChI is InChI=1S/C43H59N3O4S/c1-9-10-28-45-38-26-25-34(32-44(8)27-18-22-39(47)33(2)3)31-36(38)43(6,7)41(45)24-15-13-11-12-14-23-40-42(4,5)35-20-16-17-21-37(35)46(40)29-19-30-51(48,49)50/h11-17,20-21,23-26,31,33H,9-10,18-19,22,27-30,32H2,1-8H3/p+1. The van der Waals surface area contributed by atoms with E-state index in [0.717, 1.165) is 50.3 Å². The SMILES string of the molecule is CCCCN1C(=CC=CC=CC=CC2=[N+](CCCS(=O)(=O)O)c3ccccc3C2(C)C)C(C)(C)c2cc(CN(C)CCCC(=O)C(C)C)ccc21. The Hall–Kier alpha value is -3.59. The van der Waals surface area contributed by atoms with Gasteiger partial charge in [0.2, 0.25) is 5.69 Å². The Morgan fingerprint density at radius 3 is 2.35 bits per heavy atom. The highest BCUT2D eigenvalue weighted by molar-refractivity contribution is 7.85. The molecule has 2 aliphatic heterocycles. The third-order valence-corrected chi connectivity index (χ3v) is 11.1. The molecule has 4 rings (SSSR count). The summed E-state index contributed by atoms with van der Waals surface area (Å²) in [5.41, 5.74) is 8.23. The summed E-state index contributed by atoms with van der Waals surface area (Å²) in [5, 5.41) is 0. The van der Waals surface area contributed by atoms with Crippen molar-refractivity contribution >= 4 is 33.0 Å². The average Bonchev–Trinajstić information content (AvgIpc) is 3.40. The molecule has 0 saturated heterocycles. The monoisotopic (exact) mass is 714 g/mol. The second-order valence-corrected chi connectivity index (χ2v) is 17.0. The van der Waals surface area contributed by atoms with Gasteiger partial charge in [0.1, 0.15) is 12.3 Å². The molecule has 0 spiro atoms. The highest BCUT2D eigenvalue weighted by Gasteiger charge is 2.44. The molecular weight excluding hydrogens is 655 g/mol. The number of benzene rings is 2. The predicted molar refractivity (Wildman–Crippen MR) is 213 cm³/mol. The normalized spacial score (nSPS) is 17.7. The van der Waals surface area contributed by atoms with E-state index in [1.54, 1.807) is 0 Å². The molecule has 7 nitrogen and oxygen atoms in total. The number of rotatable bonds is 18. The highest BCUT2D eigenvalue weighted by Crippen LogP contribution is 2.48. The van der Waals surface area contributed by atoms with Crippen LogP contribution in [-0.2, 0) is 32.3 Å². The van der Waals surface area contributed by atoms with Gasteiger partial charge in [0, 0.05) is 66.4 Å². The molecule has 0 saturated carbocycles. The van der Waals surface area contributed by atoms with Crippen LogP contribution in [0.1, 0.15) is 97.3 Å². The Morgan fingerprint density at radius 2 is 1.65 bits per heavy atom. The smallest absolute Gasteiger partial charge is 0.265 e. The van der Waals surface area contributed by atoms with Gasteiger partial charge in [-0.1, -0.05) is 102 Å². The average molecular weight is 715 g/mol. The van der Waals surface area contributed by atoms with Crippen LogP contribution in [0, 0.1) is 5.92 Å². The first kappa shape index (κ1) is 40.2. The molecule has 1 N–H and O–H groups in total. The Morgan fingerprint density at radius 1 is 0.941 bits per heavy atom. The van der Waals surface area contributed by atoms with Gasteiger partial charge in [-0.05, 0) is 63.6 Å². The lowest BCUT2D eigenvalue weighted by Gasteiger charge is -2.27. The van der Waals surface area contributed by atoms with Gasteiger partial charge >= 0.3 is 0 Å². The van der Waals surface area contributed by atoms with Crippen molar-refractivity contribution in [2.45, 2.75) is 97.9 Å². The van der Waals surface area contributed by atoms with Crippen molar-refractivity contribution < 1.29 is 22.3 Å². The fraction of sp³-hybridized carbons (Fsp3) is 0.488. The van der Waals surface area contributed by atoms with E-state index in [1.165, 1.54) is 28.1 Å². The molecule has 0 atom stereocenters. The Bertz CT molecular complexity index is 1810. The fourth-order valence-corrected chi connectivity index (χ4v) is 7.85. The van der Waals surface area contributed by atoms with Crippen molar-refractivity contribution in [3.8, 4) is 0 Å². The first-order valence-electron chi connectivity index (χ1n) is 18.6. The number of fused-ring (bicyclic) bond motifs is 2. The van der Waals surface area contributed by atoms with Gasteiger partial charge in [0.25, 0.3) is 10.1 Å². The van der Waals surface area contributed by atoms with Crippen molar-refractivity contribution in [3.05, 3.63) is 107 Å². The highest BCUT2D eigenvalue weighted by atomic mass is 32.2. The number of nitrogens with zero attached hydrogens (tertiary/aromatic N) is 3. The Labute approximate surface area is 307 Å². The number of allylic oxidation sites excluding steroid dienone is 8. The van der Waals surface area contributed by atoms with Gasteiger partial charge in [-0.2, -0.15) is 13.0 Å². The summed E-state index contributed by atoms with van der Waals surface area (Å²) < 4.78 is 34.2. The maximum atomic E-state index is 12.1. The summed E-state index contributed by atoms with van der Waals surface area (Å²) in [5.74, 6) is 0.187. The molecule has 0 fully saturated rings. The molecule has 0 aromatic heterocycles. The van der Waals surface area contributed by atoms with E-state index in [2.05, 4.69) is 111 Å². The number of hydrogen-bond donors (Lipinski definition) is 1. The van der Waals surface area contributed by atoms with Gasteiger partial charge in [-0.3, -0.25) is 9.35 Å². The lowest BCUT2D eigenvalue weighted by molar-refractivity contribution is -0.437. The molecule has 276 valence electrons. The zero-order chi connectivity index (χ0) is 37.4. The molecule has 0 amide bonds. The summed E-state index contributed by atoms with van der Waals surface area (Å²) >= 11 is 0. The van der Waals surface area contributed by atoms with Gasteiger partial charge in [0.05, 0.1) is 11.2 Å². The number of para-hydroxylation sites is 1. The molecule has 2 aromatic carbocycles. The van der Waals surface area contributed by atoms with Gasteiger partial charge in [-0.15, -0.1) is 0 Å². The van der Waals surface area contributed by atoms with Crippen LogP contribution in [0.3, 0.4) is 0 Å². The zero-order valence-electron chi connectivity index (χ0n) is 32.2. The molecule has 2 aliphatic rings. The van der Waals surface area contributed by atoms with Gasteiger partial charge in [0.15, 0.2) is 5.71 Å². The number of unbranched alkanes of at least 4 members (excludes halogenated alkanes) is 1. The first-order valence-corrected chi connectivity index (χ1v) is 20.2. The molecule has 0 unspecified atom stereocenters. The number of Topliss-reactive ketones (excluding diaryl/α,β-unsaturated/α-hetero) is 1. The maximum Gasteiger partial charge on any atom is 0.265 e. The molecule has 0 aliphatic carbocycles. The van der Waals surface area contributed by atoms with E-state index in [0.29, 0.717) is 25.2 Å². The van der Waals surface area contributed by atoms with Crippen LogP contribution >= 0.6 is 0 Å². The lowest BCUT2D eigenvalue weighted by Crippen LogP contribution is -2.28. The number of carbonyl (C=O) groups is 1. The van der Waals surface area contributed by atoms with Crippen molar-refractivity contribution in [2.24, 2.45) is 5.92 Å². The molecule has 0 radical (unpaired) electrons. The van der Waals surface area contributed by atoms with E-state index in [4.69, 9.17) is 0 Å². The van der Waals surface area contributed by atoms with Crippen molar-refractivity contribution in [2.75, 3.05) is 37.3 Å². The molecule has 51 heavy (non-hydrogen) atoms. The van der Waals surface area contributed by atoms with Crippen LogP contribution in [0.15, 0.2) is 90.7 Å². The molecule has 2 aromatic rings. The minimum Gasteiger partial charge on any atom is -0.344 e. The third-order valence-electron chi connectivity index (χ3n) is 10.3. The van der Waals surface area contributed by atoms with Crippen LogP contribution in [0.2, 0.25) is 0 Å². The van der Waals surface area contributed by atoms with E-state index in [-0.39, 0.29) is 22.5 Å². The summed E-state index contributed by atoms with van der Waals surface area (Å²) in [6.45, 7) is 18.4. The Balaban J connectivity index is 1.48. The molecule has 2 heterocycles. The largest absolute Gasteiger partial charge is 0.344 e. The quantitative estimate of drug-likeness (QED) is 0.0944. The van der Waals surface area contributed by atoms with Crippen molar-refractivity contribution in [3.63, 3.8) is 0 Å². The van der Waals surface area contributed by atoms with Crippen molar-refractivity contribution in [1.29, 1.82) is 0 Å². The number of hydrogen-bond acceptors (Lipinski definition) is 5. The number of ketones is 1.